The van der Waals surface area contributed by atoms with E-state index in [1.165, 1.54) is 29.3 Å². The molecule has 1 heterocycles. The zero-order valence-electron chi connectivity index (χ0n) is 9.41. The number of hydrogen-bond acceptors (Lipinski definition) is 5. The van der Waals surface area contributed by atoms with Gasteiger partial charge in [-0.3, -0.25) is 10.1 Å². The minimum Gasteiger partial charge on any atom is -0.364 e. The fourth-order valence-corrected chi connectivity index (χ4v) is 1.66. The molecule has 0 amide bonds. The lowest BCUT2D eigenvalue weighted by Gasteiger charge is -2.13. The van der Waals surface area contributed by atoms with E-state index in [9.17, 15) is 19.3 Å². The number of non-ortho nitro benzene ring substituents is 1. The number of nitro benzene ring substituents is 1. The summed E-state index contributed by atoms with van der Waals surface area (Å²) in [6.45, 7) is 0.429. The van der Waals surface area contributed by atoms with Gasteiger partial charge in [0.25, 0.3) is 5.69 Å². The van der Waals surface area contributed by atoms with Crippen LogP contribution in [-0.4, -0.2) is 35.2 Å². The number of halogens is 1. The smallest absolute Gasteiger partial charge is 0.357 e. The Bertz CT molecular complexity index is 463. The second-order valence-corrected chi connectivity index (χ2v) is 3.96. The lowest BCUT2D eigenvalue weighted by molar-refractivity contribution is -0.384. The van der Waals surface area contributed by atoms with Crippen molar-refractivity contribution in [3.8, 4) is 0 Å². The highest BCUT2D eigenvalue weighted by molar-refractivity contribution is 5.89. The predicted octanol–water partition coefficient (Wildman–Crippen LogP) is 1.71. The number of carbonyl (C=O) groups is 1. The monoisotopic (exact) mass is 254 g/mol. The molecule has 2 rings (SSSR count). The summed E-state index contributed by atoms with van der Waals surface area (Å²) in [4.78, 5) is 26.5. The first-order valence-corrected chi connectivity index (χ1v) is 5.42. The molecule has 0 aliphatic carbocycles. The first kappa shape index (κ1) is 12.4. The van der Waals surface area contributed by atoms with E-state index in [0.29, 0.717) is 13.0 Å². The Morgan fingerprint density at radius 2 is 2.11 bits per heavy atom. The molecule has 1 aromatic carbocycles. The molecule has 0 N–H and O–H groups in total. The van der Waals surface area contributed by atoms with Crippen molar-refractivity contribution in [3.63, 3.8) is 0 Å². The molecule has 1 atom stereocenters. The molecule has 1 aliphatic rings. The quantitative estimate of drug-likeness (QED) is 0.606. The predicted molar refractivity (Wildman–Crippen MR) is 59.6 cm³/mol. The lowest BCUT2D eigenvalue weighted by atomic mass is 10.2. The van der Waals surface area contributed by atoms with E-state index < -0.39 is 17.1 Å². The highest BCUT2D eigenvalue weighted by Gasteiger charge is 2.25. The highest BCUT2D eigenvalue weighted by atomic mass is 19.1. The molecular formula is C11H11FN2O4. The van der Waals surface area contributed by atoms with Crippen molar-refractivity contribution >= 4 is 11.7 Å². The third-order valence-corrected chi connectivity index (χ3v) is 2.62. The Hall–Kier alpha value is -2.02. The lowest BCUT2D eigenvalue weighted by Crippen LogP contribution is -2.25. The third-order valence-electron chi connectivity index (χ3n) is 2.62. The van der Waals surface area contributed by atoms with Crippen LogP contribution in [0.25, 0.3) is 0 Å². The zero-order valence-corrected chi connectivity index (χ0v) is 9.41. The topological polar surface area (TPSA) is 72.7 Å². The first-order valence-electron chi connectivity index (χ1n) is 5.42. The number of nitro groups is 1. The highest BCUT2D eigenvalue weighted by Crippen LogP contribution is 2.16. The molecule has 96 valence electrons. The van der Waals surface area contributed by atoms with E-state index in [0.717, 1.165) is 0 Å². The van der Waals surface area contributed by atoms with Gasteiger partial charge in [0.15, 0.2) is 0 Å². The molecule has 0 bridgehead atoms. The van der Waals surface area contributed by atoms with Gasteiger partial charge < -0.3 is 4.84 Å². The van der Waals surface area contributed by atoms with Crippen LogP contribution in [0.4, 0.5) is 10.1 Å². The maximum absolute atomic E-state index is 12.9. The van der Waals surface area contributed by atoms with Gasteiger partial charge in [-0.2, -0.15) is 0 Å². The molecular weight excluding hydrogens is 243 g/mol. The Morgan fingerprint density at radius 3 is 2.61 bits per heavy atom. The fraction of sp³-hybridized carbons (Fsp3) is 0.364. The van der Waals surface area contributed by atoms with E-state index >= 15 is 0 Å². The van der Waals surface area contributed by atoms with Gasteiger partial charge in [0.2, 0.25) is 0 Å². The summed E-state index contributed by atoms with van der Waals surface area (Å²) < 4.78 is 12.9. The van der Waals surface area contributed by atoms with Crippen molar-refractivity contribution in [2.75, 3.05) is 13.1 Å². The molecule has 7 heteroatoms. The van der Waals surface area contributed by atoms with Gasteiger partial charge in [-0.25, -0.2) is 9.18 Å². The maximum Gasteiger partial charge on any atom is 0.357 e. The minimum absolute atomic E-state index is 0.0682. The van der Waals surface area contributed by atoms with E-state index in [2.05, 4.69) is 0 Å². The maximum atomic E-state index is 12.9. The number of rotatable bonds is 3. The zero-order chi connectivity index (χ0) is 13.1. The second kappa shape index (κ2) is 5.09. The molecule has 0 radical (unpaired) electrons. The van der Waals surface area contributed by atoms with Crippen LogP contribution in [0.5, 0.6) is 0 Å². The summed E-state index contributed by atoms with van der Waals surface area (Å²) in [5.41, 5.74) is 0.0967. The number of nitrogens with zero attached hydrogens (tertiary/aromatic N) is 2. The van der Waals surface area contributed by atoms with Crippen LogP contribution in [0, 0.1) is 10.1 Å². The average molecular weight is 254 g/mol. The number of hydrogen-bond donors (Lipinski definition) is 0. The molecule has 0 aromatic heterocycles. The van der Waals surface area contributed by atoms with E-state index in [1.807, 2.05) is 0 Å². The van der Waals surface area contributed by atoms with Crippen molar-refractivity contribution in [2.24, 2.45) is 0 Å². The molecule has 0 spiro atoms. The number of carbonyl (C=O) groups excluding carboxylic acids is 1. The second-order valence-electron chi connectivity index (χ2n) is 3.96. The molecule has 1 aliphatic heterocycles. The first-order chi connectivity index (χ1) is 8.56. The van der Waals surface area contributed by atoms with Gasteiger partial charge in [-0.1, -0.05) is 0 Å². The summed E-state index contributed by atoms with van der Waals surface area (Å²) in [6.07, 6.45) is -0.636. The Labute approximate surface area is 102 Å². The molecule has 6 nitrogen and oxygen atoms in total. The summed E-state index contributed by atoms with van der Waals surface area (Å²) in [5.74, 6) is -0.640. The number of alkyl halides is 1. The SMILES string of the molecule is O=C(ON1CC[C@@H](F)C1)c1ccc([N+](=O)[O-])cc1. The molecule has 0 saturated carbocycles. The van der Waals surface area contributed by atoms with Crippen LogP contribution in [-0.2, 0) is 4.84 Å². The van der Waals surface area contributed by atoms with Gasteiger partial charge >= 0.3 is 5.97 Å². The van der Waals surface area contributed by atoms with Crippen molar-refractivity contribution < 1.29 is 18.9 Å². The normalized spacial score (nSPS) is 19.7. The number of hydroxylamine groups is 2. The van der Waals surface area contributed by atoms with Gasteiger partial charge in [0.1, 0.15) is 6.17 Å². The molecule has 1 saturated heterocycles. The summed E-state index contributed by atoms with van der Waals surface area (Å²) >= 11 is 0. The van der Waals surface area contributed by atoms with Crippen molar-refractivity contribution in [2.45, 2.75) is 12.6 Å². The summed E-state index contributed by atoms with van der Waals surface area (Å²) in [6, 6.07) is 5.06. The van der Waals surface area contributed by atoms with Crippen molar-refractivity contribution in [1.82, 2.24) is 5.06 Å². The van der Waals surface area contributed by atoms with Crippen LogP contribution in [0.1, 0.15) is 16.8 Å². The largest absolute Gasteiger partial charge is 0.364 e. The Kier molecular flexibility index (Phi) is 3.52. The van der Waals surface area contributed by atoms with Gasteiger partial charge in [0, 0.05) is 18.7 Å². The van der Waals surface area contributed by atoms with Crippen molar-refractivity contribution in [1.29, 1.82) is 0 Å². The summed E-state index contributed by atoms with van der Waals surface area (Å²) in [7, 11) is 0. The van der Waals surface area contributed by atoms with Crippen molar-refractivity contribution in [3.05, 3.63) is 39.9 Å². The van der Waals surface area contributed by atoms with Crippen LogP contribution in [0.3, 0.4) is 0 Å². The van der Waals surface area contributed by atoms with Gasteiger partial charge in [0.05, 0.1) is 17.0 Å². The number of benzene rings is 1. The molecule has 1 fully saturated rings. The standard InChI is InChI=1S/C11H11FN2O4/c12-9-5-6-13(7-9)18-11(15)8-1-3-10(4-2-8)14(16)17/h1-4,9H,5-7H2/t9-/m1/s1. The fourth-order valence-electron chi connectivity index (χ4n) is 1.66. The van der Waals surface area contributed by atoms with Crippen LogP contribution >= 0.6 is 0 Å². The van der Waals surface area contributed by atoms with Crippen LogP contribution < -0.4 is 0 Å². The minimum atomic E-state index is -0.977. The molecule has 0 unspecified atom stereocenters. The molecule has 1 aromatic rings. The van der Waals surface area contributed by atoms with E-state index in [1.54, 1.807) is 0 Å². The molecule has 18 heavy (non-hydrogen) atoms. The third kappa shape index (κ3) is 2.80. The van der Waals surface area contributed by atoms with E-state index in [4.69, 9.17) is 4.84 Å². The van der Waals surface area contributed by atoms with Crippen LogP contribution in [0.2, 0.25) is 0 Å². The Morgan fingerprint density at radius 1 is 1.44 bits per heavy atom. The van der Waals surface area contributed by atoms with Gasteiger partial charge in [-0.05, 0) is 18.6 Å². The van der Waals surface area contributed by atoms with E-state index in [-0.39, 0.29) is 17.8 Å². The Balaban J connectivity index is 1.98. The average Bonchev–Trinajstić information content (AvgIpc) is 2.75. The summed E-state index contributed by atoms with van der Waals surface area (Å²) in [5, 5.41) is 11.7. The van der Waals surface area contributed by atoms with Gasteiger partial charge in [-0.15, -0.1) is 5.06 Å². The van der Waals surface area contributed by atoms with Crippen LogP contribution in [0.15, 0.2) is 24.3 Å².